The maximum Gasteiger partial charge on any atom is 0.264 e. The molecule has 2 aliphatic carbocycles. The summed E-state index contributed by atoms with van der Waals surface area (Å²) < 4.78 is 36.1. The third kappa shape index (κ3) is 7.31. The first-order valence-electron chi connectivity index (χ1n) is 19.4. The molecule has 7 rings (SSSR count). The number of hydrogen-bond donors (Lipinski definition) is 2. The second kappa shape index (κ2) is 14.8. The van der Waals surface area contributed by atoms with E-state index in [1.165, 1.54) is 11.1 Å². The van der Waals surface area contributed by atoms with E-state index in [1.807, 2.05) is 17.9 Å². The van der Waals surface area contributed by atoms with Crippen LogP contribution in [0.25, 0.3) is 0 Å². The fourth-order valence-electron chi connectivity index (χ4n) is 9.73. The van der Waals surface area contributed by atoms with E-state index in [0.717, 1.165) is 62.3 Å². The normalized spacial score (nSPS) is 32.6. The number of benzene rings is 2. The zero-order valence-corrected chi connectivity index (χ0v) is 32.5. The van der Waals surface area contributed by atoms with Crippen LogP contribution in [0.1, 0.15) is 93.6 Å². The van der Waals surface area contributed by atoms with Crippen LogP contribution in [0, 0.1) is 17.8 Å². The molecule has 2 fully saturated rings. The number of hydrogen-bond acceptors (Lipinski definition) is 8. The zero-order chi connectivity index (χ0) is 36.8. The molecule has 1 saturated carbocycles. The molecule has 2 amide bonds. The second-order valence-corrected chi connectivity index (χ2v) is 19.0. The van der Waals surface area contributed by atoms with Gasteiger partial charge in [-0.25, -0.2) is 13.1 Å². The van der Waals surface area contributed by atoms with Gasteiger partial charge in [0.2, 0.25) is 15.9 Å². The number of aryl methyl sites for hydroxylation is 1. The number of halogens is 1. The number of carbonyl (C=O) groups is 2. The third-order valence-electron chi connectivity index (χ3n) is 13.1. The number of piperazine rings is 1. The molecule has 2 bridgehead atoms. The molecule has 284 valence electrons. The van der Waals surface area contributed by atoms with Crippen molar-refractivity contribution in [2.75, 3.05) is 57.3 Å². The van der Waals surface area contributed by atoms with Crippen molar-refractivity contribution in [3.05, 3.63) is 58.1 Å². The Morgan fingerprint density at radius 1 is 1.04 bits per heavy atom. The van der Waals surface area contributed by atoms with Crippen molar-refractivity contribution in [2.45, 2.75) is 94.8 Å². The van der Waals surface area contributed by atoms with Gasteiger partial charge in [-0.1, -0.05) is 37.9 Å². The summed E-state index contributed by atoms with van der Waals surface area (Å²) in [5.41, 5.74) is 2.05. The predicted molar refractivity (Wildman–Crippen MR) is 204 cm³/mol. The molecular formula is C40H55ClN4O6S. The van der Waals surface area contributed by atoms with Gasteiger partial charge in [0.15, 0.2) is 0 Å². The van der Waals surface area contributed by atoms with E-state index < -0.39 is 26.8 Å². The summed E-state index contributed by atoms with van der Waals surface area (Å²) in [5, 5.41) is 12.7. The second-order valence-electron chi connectivity index (χ2n) is 16.5. The Bertz CT molecular complexity index is 1790. The standard InChI is InChI=1S/C40H55ClN4O6S/c1-4-17-43-18-19-44(37(46)23-43)25-40(48)16-5-7-27(2)28(3)52(49,50)42-38(47)30-10-14-36-35(21-30)45(22-31-9-12-34(31)40)24-39(26-51-36)15-6-8-29-20-32(41)11-13-33(29)39/h10-11,13-14,20-21,27-28,31,34,48H,4-9,12,15-19,22-26H2,1-3H3,(H,42,47)/t27-,28+,31-,34+,39-,40+/m0/s1. The fourth-order valence-corrected chi connectivity index (χ4v) is 11.2. The molecular weight excluding hydrogens is 700 g/mol. The number of carbonyl (C=O) groups excluding carboxylic acids is 2. The van der Waals surface area contributed by atoms with E-state index in [-0.39, 0.29) is 41.2 Å². The first kappa shape index (κ1) is 37.5. The monoisotopic (exact) mass is 754 g/mol. The Morgan fingerprint density at radius 3 is 2.62 bits per heavy atom. The van der Waals surface area contributed by atoms with Crippen LogP contribution in [0.3, 0.4) is 0 Å². The van der Waals surface area contributed by atoms with Gasteiger partial charge in [0, 0.05) is 48.7 Å². The highest BCUT2D eigenvalue weighted by Crippen LogP contribution is 2.49. The van der Waals surface area contributed by atoms with Crippen molar-refractivity contribution in [1.82, 2.24) is 14.5 Å². The number of amides is 2. The van der Waals surface area contributed by atoms with Crippen LogP contribution < -0.4 is 14.4 Å². The summed E-state index contributed by atoms with van der Waals surface area (Å²) in [6, 6.07) is 11.4. The summed E-state index contributed by atoms with van der Waals surface area (Å²) in [5.74, 6) is -0.0682. The molecule has 12 heteroatoms. The van der Waals surface area contributed by atoms with Gasteiger partial charge in [-0.15, -0.1) is 0 Å². The first-order valence-corrected chi connectivity index (χ1v) is 21.3. The number of sulfonamides is 1. The average Bonchev–Trinajstić information content (AvgIpc) is 3.23. The molecule has 2 aromatic carbocycles. The van der Waals surface area contributed by atoms with Gasteiger partial charge in [-0.05, 0) is 124 Å². The number of aliphatic hydroxyl groups is 1. The molecule has 6 atom stereocenters. The molecule has 2 N–H and O–H groups in total. The van der Waals surface area contributed by atoms with Gasteiger partial charge >= 0.3 is 0 Å². The van der Waals surface area contributed by atoms with E-state index in [0.29, 0.717) is 57.8 Å². The predicted octanol–water partition coefficient (Wildman–Crippen LogP) is 5.39. The van der Waals surface area contributed by atoms with Crippen LogP contribution in [0.2, 0.25) is 5.02 Å². The van der Waals surface area contributed by atoms with E-state index in [2.05, 4.69) is 33.6 Å². The molecule has 1 saturated heterocycles. The lowest BCUT2D eigenvalue weighted by Crippen LogP contribution is -2.60. The van der Waals surface area contributed by atoms with Crippen LogP contribution in [-0.2, 0) is 26.7 Å². The fraction of sp³-hybridized carbons (Fsp3) is 0.650. The maximum absolute atomic E-state index is 13.6. The van der Waals surface area contributed by atoms with Crippen molar-refractivity contribution >= 4 is 39.1 Å². The largest absolute Gasteiger partial charge is 0.490 e. The van der Waals surface area contributed by atoms with Crippen molar-refractivity contribution in [2.24, 2.45) is 17.8 Å². The quantitative estimate of drug-likeness (QED) is 0.427. The Hall–Kier alpha value is -2.86. The van der Waals surface area contributed by atoms with Crippen LogP contribution in [0.5, 0.6) is 5.75 Å². The van der Waals surface area contributed by atoms with Crippen molar-refractivity contribution < 1.29 is 27.9 Å². The van der Waals surface area contributed by atoms with Crippen LogP contribution >= 0.6 is 11.6 Å². The molecule has 0 unspecified atom stereocenters. The number of β-amino-alcohol motifs (C(OH)–C–C–N with tert-alkyl or cyclic N) is 1. The summed E-state index contributed by atoms with van der Waals surface area (Å²) in [6.07, 6.45) is 7.33. The van der Waals surface area contributed by atoms with Gasteiger partial charge in [0.05, 0.1) is 29.7 Å². The van der Waals surface area contributed by atoms with Gasteiger partial charge < -0.3 is 19.6 Å². The number of fused-ring (bicyclic) bond motifs is 4. The molecule has 3 aliphatic heterocycles. The molecule has 0 aromatic heterocycles. The van der Waals surface area contributed by atoms with Crippen LogP contribution in [0.4, 0.5) is 5.69 Å². The summed E-state index contributed by atoms with van der Waals surface area (Å²) >= 11 is 6.47. The maximum atomic E-state index is 13.6. The van der Waals surface area contributed by atoms with Crippen molar-refractivity contribution in [3.8, 4) is 5.75 Å². The molecule has 0 radical (unpaired) electrons. The zero-order valence-electron chi connectivity index (χ0n) is 30.9. The van der Waals surface area contributed by atoms with E-state index >= 15 is 0 Å². The van der Waals surface area contributed by atoms with E-state index in [9.17, 15) is 23.1 Å². The van der Waals surface area contributed by atoms with E-state index in [4.69, 9.17) is 16.3 Å². The topological polar surface area (TPSA) is 119 Å². The van der Waals surface area contributed by atoms with Crippen molar-refractivity contribution in [1.29, 1.82) is 0 Å². The lowest BCUT2D eigenvalue weighted by atomic mass is 9.62. The Balaban J connectivity index is 1.26. The Morgan fingerprint density at radius 2 is 1.87 bits per heavy atom. The highest BCUT2D eigenvalue weighted by Gasteiger charge is 2.50. The van der Waals surface area contributed by atoms with Crippen LogP contribution in [0.15, 0.2) is 36.4 Å². The molecule has 10 nitrogen and oxygen atoms in total. The minimum atomic E-state index is -3.99. The summed E-state index contributed by atoms with van der Waals surface area (Å²) in [7, 11) is -3.99. The highest BCUT2D eigenvalue weighted by atomic mass is 35.5. The molecule has 2 aromatic rings. The van der Waals surface area contributed by atoms with Crippen molar-refractivity contribution in [3.63, 3.8) is 0 Å². The molecule has 52 heavy (non-hydrogen) atoms. The SMILES string of the molecule is CCCN1CCN(C[C@]2(O)CCC[C@H](C)[C@@H](C)S(=O)(=O)NC(=O)c3ccc4c(c3)N(C[C@@H]3CC[C@H]32)C[C@@]2(CCCc3cc(Cl)ccc32)CO4)C(=O)C1. The minimum Gasteiger partial charge on any atom is -0.490 e. The van der Waals surface area contributed by atoms with Crippen LogP contribution in [-0.4, -0.2) is 98.4 Å². The first-order chi connectivity index (χ1) is 24.8. The van der Waals surface area contributed by atoms with Gasteiger partial charge in [-0.3, -0.25) is 14.5 Å². The molecule has 3 heterocycles. The molecule has 1 spiro atoms. The Kier molecular flexibility index (Phi) is 10.6. The average molecular weight is 755 g/mol. The lowest BCUT2D eigenvalue weighted by Gasteiger charge is -2.52. The number of nitrogens with zero attached hydrogens (tertiary/aromatic N) is 3. The summed E-state index contributed by atoms with van der Waals surface area (Å²) in [6.45, 7) is 10.3. The number of ether oxygens (including phenoxy) is 1. The summed E-state index contributed by atoms with van der Waals surface area (Å²) in [4.78, 5) is 33.4. The smallest absolute Gasteiger partial charge is 0.264 e. The molecule has 5 aliphatic rings. The minimum absolute atomic E-state index is 0.0363. The van der Waals surface area contributed by atoms with E-state index in [1.54, 1.807) is 25.1 Å². The third-order valence-corrected chi connectivity index (χ3v) is 15.2. The van der Waals surface area contributed by atoms with Gasteiger partial charge in [0.1, 0.15) is 5.75 Å². The number of nitrogens with one attached hydrogen (secondary N) is 1. The Labute approximate surface area is 314 Å². The van der Waals surface area contributed by atoms with Gasteiger partial charge in [0.25, 0.3) is 5.91 Å². The number of anilines is 1. The highest BCUT2D eigenvalue weighted by molar-refractivity contribution is 7.90. The number of rotatable bonds is 4. The van der Waals surface area contributed by atoms with Gasteiger partial charge in [-0.2, -0.15) is 0 Å². The lowest BCUT2D eigenvalue weighted by molar-refractivity contribution is -0.148.